The van der Waals surface area contributed by atoms with Crippen LogP contribution >= 0.6 is 0 Å². The monoisotopic (exact) mass is 235 g/mol. The zero-order valence-corrected chi connectivity index (χ0v) is 9.45. The van der Waals surface area contributed by atoms with Gasteiger partial charge in [0.15, 0.2) is 0 Å². The number of aliphatic hydroxyl groups excluding tert-OH is 1. The minimum atomic E-state index is -3.28. The number of sulfonamides is 1. The predicted octanol–water partition coefficient (Wildman–Crippen LogP) is -0.438. The molecule has 0 spiro atoms. The zero-order chi connectivity index (χ0) is 10.9. The molecule has 15 heavy (non-hydrogen) atoms. The Morgan fingerprint density at radius 1 is 1.40 bits per heavy atom. The standard InChI is InChI=1S/C9H17NO4S/c11-5-7-15(12,13)10-4-6-14-9-3-1-2-8(9)10/h8-9,11H,1-7H2. The third-order valence-electron chi connectivity index (χ3n) is 3.14. The topological polar surface area (TPSA) is 66.8 Å². The van der Waals surface area contributed by atoms with Crippen LogP contribution < -0.4 is 0 Å². The van der Waals surface area contributed by atoms with Crippen molar-refractivity contribution in [2.45, 2.75) is 31.4 Å². The van der Waals surface area contributed by atoms with Crippen molar-refractivity contribution in [3.05, 3.63) is 0 Å². The van der Waals surface area contributed by atoms with Crippen LogP contribution in [-0.4, -0.2) is 55.5 Å². The normalized spacial score (nSPS) is 32.9. The number of nitrogens with zero attached hydrogens (tertiary/aromatic N) is 1. The second kappa shape index (κ2) is 4.37. The highest BCUT2D eigenvalue weighted by atomic mass is 32.2. The summed E-state index contributed by atoms with van der Waals surface area (Å²) in [6, 6.07) is 0.00954. The van der Waals surface area contributed by atoms with Crippen LogP contribution in [0.5, 0.6) is 0 Å². The highest BCUT2D eigenvalue weighted by molar-refractivity contribution is 7.89. The first-order valence-electron chi connectivity index (χ1n) is 5.37. The Labute approximate surface area is 90.1 Å². The number of fused-ring (bicyclic) bond motifs is 1. The van der Waals surface area contributed by atoms with Gasteiger partial charge in [-0.05, 0) is 19.3 Å². The Kier molecular flexibility index (Phi) is 3.30. The van der Waals surface area contributed by atoms with Gasteiger partial charge in [-0.1, -0.05) is 0 Å². The van der Waals surface area contributed by atoms with E-state index < -0.39 is 10.0 Å². The Morgan fingerprint density at radius 2 is 2.20 bits per heavy atom. The molecule has 1 saturated heterocycles. The van der Waals surface area contributed by atoms with Crippen molar-refractivity contribution in [3.63, 3.8) is 0 Å². The SMILES string of the molecule is O=S(=O)(CCO)N1CCOC2CCCC21. The maximum absolute atomic E-state index is 11.8. The van der Waals surface area contributed by atoms with E-state index in [0.717, 1.165) is 19.3 Å². The van der Waals surface area contributed by atoms with Gasteiger partial charge in [0.1, 0.15) is 0 Å². The highest BCUT2D eigenvalue weighted by Crippen LogP contribution is 2.31. The molecule has 2 atom stereocenters. The molecule has 1 N–H and O–H groups in total. The zero-order valence-electron chi connectivity index (χ0n) is 8.63. The van der Waals surface area contributed by atoms with E-state index in [-0.39, 0.29) is 24.5 Å². The fraction of sp³-hybridized carbons (Fsp3) is 1.00. The first-order chi connectivity index (χ1) is 7.15. The van der Waals surface area contributed by atoms with Crippen molar-refractivity contribution in [2.24, 2.45) is 0 Å². The predicted molar refractivity (Wildman–Crippen MR) is 55.0 cm³/mol. The first-order valence-corrected chi connectivity index (χ1v) is 6.98. The Hall–Kier alpha value is -0.170. The molecule has 2 rings (SSSR count). The molecule has 1 aliphatic carbocycles. The summed E-state index contributed by atoms with van der Waals surface area (Å²) in [7, 11) is -3.28. The second-order valence-corrected chi connectivity index (χ2v) is 6.10. The lowest BCUT2D eigenvalue weighted by Crippen LogP contribution is -2.52. The van der Waals surface area contributed by atoms with Gasteiger partial charge < -0.3 is 9.84 Å². The fourth-order valence-electron chi connectivity index (χ4n) is 2.47. The summed E-state index contributed by atoms with van der Waals surface area (Å²) in [5.41, 5.74) is 0. The van der Waals surface area contributed by atoms with Gasteiger partial charge in [-0.25, -0.2) is 8.42 Å². The lowest BCUT2D eigenvalue weighted by Gasteiger charge is -2.36. The van der Waals surface area contributed by atoms with Gasteiger partial charge >= 0.3 is 0 Å². The van der Waals surface area contributed by atoms with Crippen LogP contribution in [0.1, 0.15) is 19.3 Å². The van der Waals surface area contributed by atoms with Gasteiger partial charge in [-0.3, -0.25) is 0 Å². The van der Waals surface area contributed by atoms with Gasteiger partial charge in [0, 0.05) is 6.54 Å². The van der Waals surface area contributed by atoms with E-state index in [4.69, 9.17) is 9.84 Å². The van der Waals surface area contributed by atoms with Gasteiger partial charge in [-0.2, -0.15) is 4.31 Å². The number of aliphatic hydroxyl groups is 1. The molecule has 1 aliphatic heterocycles. The number of morpholine rings is 1. The summed E-state index contributed by atoms with van der Waals surface area (Å²) < 4.78 is 30.7. The molecule has 0 bridgehead atoms. The van der Waals surface area contributed by atoms with Crippen LogP contribution in [0.25, 0.3) is 0 Å². The largest absolute Gasteiger partial charge is 0.395 e. The number of hydrogen-bond donors (Lipinski definition) is 1. The fourth-order valence-corrected chi connectivity index (χ4v) is 3.94. The molecule has 1 saturated carbocycles. The van der Waals surface area contributed by atoms with Crippen LogP contribution in [0.3, 0.4) is 0 Å². The smallest absolute Gasteiger partial charge is 0.216 e. The Balaban J connectivity index is 2.14. The molecular weight excluding hydrogens is 218 g/mol. The molecule has 1 heterocycles. The molecule has 6 heteroatoms. The summed E-state index contributed by atoms with van der Waals surface area (Å²) in [5.74, 6) is -0.170. The summed E-state index contributed by atoms with van der Waals surface area (Å²) in [6.07, 6.45) is 2.94. The van der Waals surface area contributed by atoms with E-state index in [1.165, 1.54) is 4.31 Å². The van der Waals surface area contributed by atoms with E-state index in [2.05, 4.69) is 0 Å². The van der Waals surface area contributed by atoms with Crippen LogP contribution in [0.2, 0.25) is 0 Å². The molecule has 2 fully saturated rings. The third kappa shape index (κ3) is 2.18. The molecule has 88 valence electrons. The third-order valence-corrected chi connectivity index (χ3v) is 5.00. The van der Waals surface area contributed by atoms with Crippen molar-refractivity contribution in [3.8, 4) is 0 Å². The van der Waals surface area contributed by atoms with Gasteiger partial charge in [-0.15, -0.1) is 0 Å². The molecule has 0 aromatic heterocycles. The second-order valence-electron chi connectivity index (χ2n) is 4.06. The maximum atomic E-state index is 11.8. The van der Waals surface area contributed by atoms with Crippen LogP contribution in [0.15, 0.2) is 0 Å². The Bertz CT molecular complexity index is 316. The van der Waals surface area contributed by atoms with Crippen molar-refractivity contribution in [1.29, 1.82) is 0 Å². The summed E-state index contributed by atoms with van der Waals surface area (Å²) >= 11 is 0. The summed E-state index contributed by atoms with van der Waals surface area (Å²) in [6.45, 7) is 0.604. The van der Waals surface area contributed by atoms with Crippen molar-refractivity contribution >= 4 is 10.0 Å². The van der Waals surface area contributed by atoms with E-state index >= 15 is 0 Å². The molecule has 0 aromatic rings. The van der Waals surface area contributed by atoms with E-state index in [9.17, 15) is 8.42 Å². The minimum absolute atomic E-state index is 0.00954. The van der Waals surface area contributed by atoms with Crippen LogP contribution in [-0.2, 0) is 14.8 Å². The van der Waals surface area contributed by atoms with Crippen molar-refractivity contribution in [1.82, 2.24) is 4.31 Å². The van der Waals surface area contributed by atoms with E-state index in [1.807, 2.05) is 0 Å². The molecule has 2 aliphatic rings. The lowest BCUT2D eigenvalue weighted by molar-refractivity contribution is -0.0242. The van der Waals surface area contributed by atoms with Gasteiger partial charge in [0.25, 0.3) is 0 Å². The molecular formula is C9H17NO4S. The number of hydrogen-bond acceptors (Lipinski definition) is 4. The first kappa shape index (κ1) is 11.3. The molecule has 0 amide bonds. The Morgan fingerprint density at radius 3 is 2.93 bits per heavy atom. The molecule has 5 nitrogen and oxygen atoms in total. The molecule has 2 unspecified atom stereocenters. The lowest BCUT2D eigenvalue weighted by atomic mass is 10.2. The van der Waals surface area contributed by atoms with Gasteiger partial charge in [0.2, 0.25) is 10.0 Å². The van der Waals surface area contributed by atoms with Crippen molar-refractivity contribution in [2.75, 3.05) is 25.5 Å². The maximum Gasteiger partial charge on any atom is 0.216 e. The number of rotatable bonds is 3. The minimum Gasteiger partial charge on any atom is -0.395 e. The number of ether oxygens (including phenoxy) is 1. The van der Waals surface area contributed by atoms with E-state index in [1.54, 1.807) is 0 Å². The van der Waals surface area contributed by atoms with Crippen LogP contribution in [0, 0.1) is 0 Å². The average molecular weight is 235 g/mol. The summed E-state index contributed by atoms with van der Waals surface area (Å²) in [4.78, 5) is 0. The average Bonchev–Trinajstić information content (AvgIpc) is 2.64. The molecule has 0 radical (unpaired) electrons. The van der Waals surface area contributed by atoms with Gasteiger partial charge in [0.05, 0.1) is 31.1 Å². The van der Waals surface area contributed by atoms with Crippen molar-refractivity contribution < 1.29 is 18.3 Å². The highest BCUT2D eigenvalue weighted by Gasteiger charge is 2.41. The van der Waals surface area contributed by atoms with E-state index in [0.29, 0.717) is 13.2 Å². The quantitative estimate of drug-likeness (QED) is 0.720. The molecule has 0 aromatic carbocycles. The van der Waals surface area contributed by atoms with Crippen LogP contribution in [0.4, 0.5) is 0 Å². The summed E-state index contributed by atoms with van der Waals surface area (Å²) in [5, 5.41) is 8.74.